The SMILES string of the molecule is COc1cc(C#Cc2cc(OC)c(C#CCO[C@@H]3O[C@H](COC(C)=O)[C@@H](OC(C)=O)[C@H](OC(C)=O)[C@H]3OC(C)=O)cc2OC)c(OC)cc1C#CCO[C@@H]1O[C@H](COC(C)=O)[C@@H](OC(C)=O)[C@H](OC(C)=O)[C@H]1OC(C)=O. The van der Waals surface area contributed by atoms with Crippen LogP contribution in [0.3, 0.4) is 0 Å². The molecule has 0 saturated carbocycles. The van der Waals surface area contributed by atoms with Gasteiger partial charge in [-0.3, -0.25) is 38.4 Å². The van der Waals surface area contributed by atoms with Gasteiger partial charge in [0.25, 0.3) is 0 Å². The van der Waals surface area contributed by atoms with E-state index in [0.717, 1.165) is 55.4 Å². The highest BCUT2D eigenvalue weighted by Gasteiger charge is 2.54. The van der Waals surface area contributed by atoms with Crippen molar-refractivity contribution in [1.82, 2.24) is 0 Å². The van der Waals surface area contributed by atoms with Gasteiger partial charge in [-0.15, -0.1) is 0 Å². The van der Waals surface area contributed by atoms with Crippen molar-refractivity contribution in [3.05, 3.63) is 46.5 Å². The molecule has 2 aliphatic heterocycles. The van der Waals surface area contributed by atoms with Gasteiger partial charge >= 0.3 is 47.8 Å². The third-order valence-electron chi connectivity index (χ3n) is 10.4. The highest BCUT2D eigenvalue weighted by Crippen LogP contribution is 2.33. The van der Waals surface area contributed by atoms with Crippen LogP contribution in [0.1, 0.15) is 77.6 Å². The van der Waals surface area contributed by atoms with Crippen molar-refractivity contribution in [3.8, 4) is 58.5 Å². The van der Waals surface area contributed by atoms with E-state index >= 15 is 0 Å². The molecule has 0 unspecified atom stereocenters. The standard InChI is InChI=1S/C52H58O24/c1-27(53)67-25-43-45(69-29(3)55)47(71-31(5)57)49(73-33(7)59)51(75-43)65-19-13-15-35-21-41(63-11)37(23-39(35)61-9)17-18-38-24-40(62-10)36(22-42(38)64-12)16-14-20-66-52-50(74-34(8)60)48(72-32(6)58)46(70-30(4)56)44(76-52)26-68-28(2)54/h21-24,43-52H,19-20,25-26H2,1-12H3/t43-,44-,45-,46-,47+,48+,49-,50-,51-,52-/m1/s1. The number of benzene rings is 2. The van der Waals surface area contributed by atoms with Crippen LogP contribution in [-0.4, -0.2) is 164 Å². The normalized spacial score (nSPS) is 22.3. The summed E-state index contributed by atoms with van der Waals surface area (Å²) in [5.74, 6) is 12.7. The van der Waals surface area contributed by atoms with E-state index < -0.39 is 122 Å². The topological polar surface area (TPSA) is 284 Å². The Kier molecular flexibility index (Phi) is 23.2. The van der Waals surface area contributed by atoms with Gasteiger partial charge in [0, 0.05) is 79.7 Å². The quantitative estimate of drug-likeness (QED) is 0.117. The Morgan fingerprint density at radius 2 is 0.645 bits per heavy atom. The summed E-state index contributed by atoms with van der Waals surface area (Å²) in [5.41, 5.74) is 1.44. The Balaban J connectivity index is 1.59. The predicted octanol–water partition coefficient (Wildman–Crippen LogP) is 2.02. The van der Waals surface area contributed by atoms with Crippen molar-refractivity contribution in [2.75, 3.05) is 54.9 Å². The minimum Gasteiger partial charge on any atom is -0.495 e. The van der Waals surface area contributed by atoms with Gasteiger partial charge in [0.2, 0.25) is 0 Å². The van der Waals surface area contributed by atoms with Crippen molar-refractivity contribution in [2.24, 2.45) is 0 Å². The van der Waals surface area contributed by atoms with E-state index in [1.807, 2.05) is 0 Å². The first-order valence-electron chi connectivity index (χ1n) is 22.9. The summed E-state index contributed by atoms with van der Waals surface area (Å²) in [5, 5.41) is 0. The van der Waals surface area contributed by atoms with Crippen molar-refractivity contribution in [1.29, 1.82) is 0 Å². The lowest BCUT2D eigenvalue weighted by atomic mass is 9.98. The summed E-state index contributed by atoms with van der Waals surface area (Å²) in [7, 11) is 5.69. The van der Waals surface area contributed by atoms with E-state index in [0.29, 0.717) is 33.8 Å². The molecule has 24 nitrogen and oxygen atoms in total. The number of ether oxygens (including phenoxy) is 16. The van der Waals surface area contributed by atoms with Crippen LogP contribution >= 0.6 is 0 Å². The van der Waals surface area contributed by atoms with Gasteiger partial charge in [-0.05, 0) is 0 Å². The third-order valence-corrected chi connectivity index (χ3v) is 10.4. The number of carbonyl (C=O) groups excluding carboxylic acids is 8. The molecule has 0 aliphatic carbocycles. The Hall–Kier alpha value is -8.08. The number of rotatable bonds is 18. The number of carbonyl (C=O) groups is 8. The van der Waals surface area contributed by atoms with Crippen LogP contribution < -0.4 is 18.9 Å². The van der Waals surface area contributed by atoms with Crippen LogP contribution in [0.25, 0.3) is 0 Å². The molecule has 76 heavy (non-hydrogen) atoms. The first-order valence-corrected chi connectivity index (χ1v) is 22.9. The monoisotopic (exact) mass is 1070 g/mol. The maximum absolute atomic E-state index is 12.2. The average molecular weight is 1070 g/mol. The van der Waals surface area contributed by atoms with Gasteiger partial charge in [0.15, 0.2) is 49.2 Å². The average Bonchev–Trinajstić information content (AvgIpc) is 3.34. The molecule has 2 saturated heterocycles. The summed E-state index contributed by atoms with van der Waals surface area (Å²) in [4.78, 5) is 96.4. The lowest BCUT2D eigenvalue weighted by Crippen LogP contribution is -2.63. The fraction of sp³-hybridized carbons (Fsp3) is 0.500. The van der Waals surface area contributed by atoms with E-state index in [4.69, 9.17) is 75.8 Å². The zero-order valence-electron chi connectivity index (χ0n) is 43.7. The molecular weight excluding hydrogens is 1010 g/mol. The molecule has 0 radical (unpaired) electrons. The molecule has 0 spiro atoms. The van der Waals surface area contributed by atoms with E-state index in [1.165, 1.54) is 28.4 Å². The van der Waals surface area contributed by atoms with Crippen LogP contribution in [0.4, 0.5) is 0 Å². The molecule has 24 heteroatoms. The van der Waals surface area contributed by atoms with Crippen molar-refractivity contribution < 1.29 is 114 Å². The molecule has 0 N–H and O–H groups in total. The first kappa shape index (κ1) is 60.5. The fourth-order valence-electron chi connectivity index (χ4n) is 7.48. The minimum atomic E-state index is -1.45. The number of hydrogen-bond acceptors (Lipinski definition) is 24. The maximum atomic E-state index is 12.2. The van der Waals surface area contributed by atoms with Gasteiger partial charge in [0.1, 0.15) is 61.6 Å². The van der Waals surface area contributed by atoms with Crippen molar-refractivity contribution >= 4 is 47.8 Å². The molecule has 2 fully saturated rings. The van der Waals surface area contributed by atoms with E-state index in [1.54, 1.807) is 24.3 Å². The molecule has 0 aromatic heterocycles. The van der Waals surface area contributed by atoms with Gasteiger partial charge in [-0.2, -0.15) is 0 Å². The summed E-state index contributed by atoms with van der Waals surface area (Å²) in [6, 6.07) is 6.32. The van der Waals surface area contributed by atoms with Gasteiger partial charge in [-0.25, -0.2) is 0 Å². The molecule has 10 atom stereocenters. The molecule has 4 rings (SSSR count). The van der Waals surface area contributed by atoms with Crippen LogP contribution in [-0.2, 0) is 95.2 Å². The minimum absolute atomic E-state index is 0.283. The fourth-order valence-corrected chi connectivity index (χ4v) is 7.48. The molecule has 2 aromatic rings. The van der Waals surface area contributed by atoms with Crippen LogP contribution in [0.2, 0.25) is 0 Å². The van der Waals surface area contributed by atoms with Gasteiger partial charge < -0.3 is 75.8 Å². The summed E-state index contributed by atoms with van der Waals surface area (Å²) in [6.45, 7) is 7.31. The highest BCUT2D eigenvalue weighted by molar-refractivity contribution is 5.70. The zero-order valence-corrected chi connectivity index (χ0v) is 43.7. The van der Waals surface area contributed by atoms with Gasteiger partial charge in [-0.1, -0.05) is 35.5 Å². The Morgan fingerprint density at radius 3 is 0.908 bits per heavy atom. The molecule has 2 heterocycles. The maximum Gasteiger partial charge on any atom is 0.303 e. The molecule has 0 bridgehead atoms. The number of esters is 8. The van der Waals surface area contributed by atoms with E-state index in [2.05, 4.69) is 35.5 Å². The second-order valence-corrected chi connectivity index (χ2v) is 16.1. The number of methoxy groups -OCH3 is 4. The summed E-state index contributed by atoms with van der Waals surface area (Å²) >= 11 is 0. The second-order valence-electron chi connectivity index (χ2n) is 16.1. The predicted molar refractivity (Wildman–Crippen MR) is 255 cm³/mol. The molecule has 0 amide bonds. The molecule has 410 valence electrons. The van der Waals surface area contributed by atoms with Crippen LogP contribution in [0.5, 0.6) is 23.0 Å². The van der Waals surface area contributed by atoms with Crippen LogP contribution in [0.15, 0.2) is 24.3 Å². The Labute approximate surface area is 437 Å². The lowest BCUT2D eigenvalue weighted by Gasteiger charge is -2.43. The largest absolute Gasteiger partial charge is 0.495 e. The van der Waals surface area contributed by atoms with Gasteiger partial charge in [0.05, 0.1) is 50.7 Å². The molecule has 2 aliphatic rings. The van der Waals surface area contributed by atoms with Crippen LogP contribution in [0, 0.1) is 35.5 Å². The number of hydrogen-bond donors (Lipinski definition) is 0. The Bertz CT molecular complexity index is 2480. The lowest BCUT2D eigenvalue weighted by molar-refractivity contribution is -0.305. The molecular formula is C52H58O24. The van der Waals surface area contributed by atoms with Crippen molar-refractivity contribution in [2.45, 2.75) is 117 Å². The van der Waals surface area contributed by atoms with Crippen molar-refractivity contribution in [3.63, 3.8) is 0 Å². The smallest absolute Gasteiger partial charge is 0.303 e. The Morgan fingerprint density at radius 1 is 0.382 bits per heavy atom. The van der Waals surface area contributed by atoms with E-state index in [-0.39, 0.29) is 24.7 Å². The first-order chi connectivity index (χ1) is 36.1. The highest BCUT2D eigenvalue weighted by atomic mass is 16.7. The zero-order chi connectivity index (χ0) is 56.2. The second kappa shape index (κ2) is 29.1. The summed E-state index contributed by atoms with van der Waals surface area (Å²) < 4.78 is 89.1. The van der Waals surface area contributed by atoms with E-state index in [9.17, 15) is 38.4 Å². The third kappa shape index (κ3) is 17.8. The summed E-state index contributed by atoms with van der Waals surface area (Å²) in [6.07, 6.45) is -13.8. The molecule has 2 aromatic carbocycles.